The molecule has 0 aliphatic heterocycles. The highest BCUT2D eigenvalue weighted by Crippen LogP contribution is 2.18. The Morgan fingerprint density at radius 2 is 1.92 bits per heavy atom. The van der Waals surface area contributed by atoms with Crippen molar-refractivity contribution in [3.05, 3.63) is 64.7 Å². The molecule has 0 aliphatic carbocycles. The summed E-state index contributed by atoms with van der Waals surface area (Å²) in [5, 5.41) is 15.2. The first-order valence-electron chi connectivity index (χ1n) is 7.71. The molecule has 0 aromatic heterocycles. The number of carbonyl (C=O) groups is 1. The zero-order valence-electron chi connectivity index (χ0n) is 13.5. The number of hydrogen-bond donors (Lipinski definition) is 3. The van der Waals surface area contributed by atoms with Crippen molar-refractivity contribution < 1.29 is 14.6 Å². The number of benzene rings is 2. The molecule has 1 atom stereocenters. The molecule has 6 heteroatoms. The monoisotopic (exact) mass is 348 g/mol. The van der Waals surface area contributed by atoms with E-state index in [2.05, 4.69) is 10.6 Å². The SMILES string of the molecule is CC(NC(=O)NCc1ccccc1OCCO)c1ccc(Cl)cc1. The summed E-state index contributed by atoms with van der Waals surface area (Å²) in [7, 11) is 0. The molecule has 0 saturated heterocycles. The summed E-state index contributed by atoms with van der Waals surface area (Å²) in [6.45, 7) is 2.40. The van der Waals surface area contributed by atoms with Crippen molar-refractivity contribution in [2.75, 3.05) is 13.2 Å². The second-order valence-electron chi connectivity index (χ2n) is 5.28. The van der Waals surface area contributed by atoms with Gasteiger partial charge in [0.05, 0.1) is 12.6 Å². The van der Waals surface area contributed by atoms with Crippen LogP contribution in [0.1, 0.15) is 24.1 Å². The van der Waals surface area contributed by atoms with E-state index in [1.807, 2.05) is 37.3 Å². The van der Waals surface area contributed by atoms with E-state index >= 15 is 0 Å². The highest BCUT2D eigenvalue weighted by Gasteiger charge is 2.10. The molecular weight excluding hydrogens is 328 g/mol. The quantitative estimate of drug-likeness (QED) is 0.719. The predicted molar refractivity (Wildman–Crippen MR) is 94.3 cm³/mol. The summed E-state index contributed by atoms with van der Waals surface area (Å²) in [6.07, 6.45) is 0. The Hall–Kier alpha value is -2.24. The first-order chi connectivity index (χ1) is 11.6. The first kappa shape index (κ1) is 18.1. The number of aliphatic hydroxyl groups excluding tert-OH is 1. The summed E-state index contributed by atoms with van der Waals surface area (Å²) in [6, 6.07) is 14.3. The van der Waals surface area contributed by atoms with Crippen molar-refractivity contribution in [3.63, 3.8) is 0 Å². The average Bonchev–Trinajstić information content (AvgIpc) is 2.59. The van der Waals surface area contributed by atoms with Gasteiger partial charge in [-0.05, 0) is 30.7 Å². The minimum absolute atomic E-state index is 0.0547. The molecule has 0 bridgehead atoms. The molecule has 3 N–H and O–H groups in total. The van der Waals surface area contributed by atoms with Crippen molar-refractivity contribution in [2.45, 2.75) is 19.5 Å². The van der Waals surface area contributed by atoms with Gasteiger partial charge in [0.15, 0.2) is 0 Å². The van der Waals surface area contributed by atoms with Crippen molar-refractivity contribution in [1.29, 1.82) is 0 Å². The minimum Gasteiger partial charge on any atom is -0.491 e. The van der Waals surface area contributed by atoms with Crippen LogP contribution in [0.4, 0.5) is 4.79 Å². The summed E-state index contributed by atoms with van der Waals surface area (Å²) in [5.74, 6) is 0.651. The number of para-hydroxylation sites is 1. The topological polar surface area (TPSA) is 70.6 Å². The smallest absolute Gasteiger partial charge is 0.315 e. The van der Waals surface area contributed by atoms with Gasteiger partial charge in [0.2, 0.25) is 0 Å². The van der Waals surface area contributed by atoms with Gasteiger partial charge in [0.1, 0.15) is 12.4 Å². The molecule has 2 aromatic rings. The number of amides is 2. The second kappa shape index (κ2) is 9.15. The summed E-state index contributed by atoms with van der Waals surface area (Å²) in [5.41, 5.74) is 1.82. The van der Waals surface area contributed by atoms with Crippen molar-refractivity contribution in [1.82, 2.24) is 10.6 Å². The number of hydrogen-bond acceptors (Lipinski definition) is 3. The van der Waals surface area contributed by atoms with Crippen LogP contribution in [0.25, 0.3) is 0 Å². The number of aliphatic hydroxyl groups is 1. The Morgan fingerprint density at radius 1 is 1.21 bits per heavy atom. The van der Waals surface area contributed by atoms with Gasteiger partial charge < -0.3 is 20.5 Å². The highest BCUT2D eigenvalue weighted by molar-refractivity contribution is 6.30. The van der Waals surface area contributed by atoms with Crippen molar-refractivity contribution in [3.8, 4) is 5.75 Å². The van der Waals surface area contributed by atoms with Gasteiger partial charge in [0.25, 0.3) is 0 Å². The van der Waals surface area contributed by atoms with E-state index in [9.17, 15) is 4.79 Å². The fourth-order valence-electron chi connectivity index (χ4n) is 2.20. The number of rotatable bonds is 7. The molecule has 0 spiro atoms. The van der Waals surface area contributed by atoms with Crippen LogP contribution in [0.5, 0.6) is 5.75 Å². The third kappa shape index (κ3) is 5.44. The van der Waals surface area contributed by atoms with E-state index < -0.39 is 0 Å². The molecule has 24 heavy (non-hydrogen) atoms. The fraction of sp³-hybridized carbons (Fsp3) is 0.278. The molecule has 0 heterocycles. The maximum atomic E-state index is 12.1. The third-order valence-electron chi connectivity index (χ3n) is 3.48. The molecule has 0 radical (unpaired) electrons. The highest BCUT2D eigenvalue weighted by atomic mass is 35.5. The van der Waals surface area contributed by atoms with Gasteiger partial charge in [-0.2, -0.15) is 0 Å². The molecule has 1 unspecified atom stereocenters. The maximum absolute atomic E-state index is 12.1. The largest absolute Gasteiger partial charge is 0.491 e. The minimum atomic E-state index is -0.269. The average molecular weight is 349 g/mol. The third-order valence-corrected chi connectivity index (χ3v) is 3.73. The predicted octanol–water partition coefficient (Wildman–Crippen LogP) is 3.27. The molecule has 0 saturated carbocycles. The molecule has 2 rings (SSSR count). The standard InChI is InChI=1S/C18H21ClN2O3/c1-13(14-6-8-16(19)9-7-14)21-18(23)20-12-15-4-2-3-5-17(15)24-11-10-22/h2-9,13,22H,10-12H2,1H3,(H2,20,21,23). The van der Waals surface area contributed by atoms with Crippen LogP contribution < -0.4 is 15.4 Å². The molecule has 2 aromatic carbocycles. The van der Waals surface area contributed by atoms with Crippen LogP contribution in [-0.4, -0.2) is 24.4 Å². The van der Waals surface area contributed by atoms with Gasteiger partial charge >= 0.3 is 6.03 Å². The van der Waals surface area contributed by atoms with Gasteiger partial charge in [-0.3, -0.25) is 0 Å². The van der Waals surface area contributed by atoms with Gasteiger partial charge in [-0.25, -0.2) is 4.79 Å². The van der Waals surface area contributed by atoms with Crippen LogP contribution in [0.2, 0.25) is 5.02 Å². The van der Waals surface area contributed by atoms with Crippen LogP contribution in [0.15, 0.2) is 48.5 Å². The lowest BCUT2D eigenvalue weighted by Gasteiger charge is -2.16. The maximum Gasteiger partial charge on any atom is 0.315 e. The molecule has 0 fully saturated rings. The molecular formula is C18H21ClN2O3. The molecule has 0 aliphatic rings. The Morgan fingerprint density at radius 3 is 2.62 bits per heavy atom. The van der Waals surface area contributed by atoms with E-state index in [0.29, 0.717) is 17.3 Å². The van der Waals surface area contributed by atoms with Gasteiger partial charge in [-0.15, -0.1) is 0 Å². The number of halogens is 1. The van der Waals surface area contributed by atoms with Gasteiger partial charge in [0, 0.05) is 17.1 Å². The van der Waals surface area contributed by atoms with E-state index in [4.69, 9.17) is 21.4 Å². The second-order valence-corrected chi connectivity index (χ2v) is 5.72. The number of urea groups is 1. The van der Waals surface area contributed by atoms with Crippen molar-refractivity contribution >= 4 is 17.6 Å². The van der Waals surface area contributed by atoms with Crippen LogP contribution in [0, 0.1) is 0 Å². The molecule has 5 nitrogen and oxygen atoms in total. The summed E-state index contributed by atoms with van der Waals surface area (Å²) in [4.78, 5) is 12.1. The van der Waals surface area contributed by atoms with Crippen LogP contribution >= 0.6 is 11.6 Å². The van der Waals surface area contributed by atoms with E-state index in [1.54, 1.807) is 18.2 Å². The normalized spacial score (nSPS) is 11.6. The Labute approximate surface area is 146 Å². The zero-order chi connectivity index (χ0) is 17.4. The van der Waals surface area contributed by atoms with Crippen LogP contribution in [0.3, 0.4) is 0 Å². The first-order valence-corrected chi connectivity index (χ1v) is 8.09. The molecule has 2 amide bonds. The van der Waals surface area contributed by atoms with E-state index in [-0.39, 0.29) is 25.3 Å². The number of nitrogens with one attached hydrogen (secondary N) is 2. The zero-order valence-corrected chi connectivity index (χ0v) is 14.2. The summed E-state index contributed by atoms with van der Waals surface area (Å²) < 4.78 is 5.45. The van der Waals surface area contributed by atoms with Crippen molar-refractivity contribution in [2.24, 2.45) is 0 Å². The molecule has 128 valence electrons. The summed E-state index contributed by atoms with van der Waals surface area (Å²) >= 11 is 5.86. The Bertz CT molecular complexity index is 662. The Kier molecular flexibility index (Phi) is 6.90. The number of carbonyl (C=O) groups excluding carboxylic acids is 1. The number of ether oxygens (including phenoxy) is 1. The van der Waals surface area contributed by atoms with Crippen LogP contribution in [-0.2, 0) is 6.54 Å². The fourth-order valence-corrected chi connectivity index (χ4v) is 2.33. The van der Waals surface area contributed by atoms with Gasteiger partial charge in [-0.1, -0.05) is 41.9 Å². The van der Waals surface area contributed by atoms with E-state index in [1.165, 1.54) is 0 Å². The lowest BCUT2D eigenvalue weighted by Crippen LogP contribution is -2.36. The lowest BCUT2D eigenvalue weighted by atomic mass is 10.1. The Balaban J connectivity index is 1.88. The lowest BCUT2D eigenvalue weighted by molar-refractivity contribution is 0.200. The van der Waals surface area contributed by atoms with E-state index in [0.717, 1.165) is 11.1 Å².